The van der Waals surface area contributed by atoms with Crippen molar-refractivity contribution in [3.63, 3.8) is 0 Å². The molecule has 3 heterocycles. The molecule has 1 aliphatic carbocycles. The van der Waals surface area contributed by atoms with Crippen molar-refractivity contribution in [2.24, 2.45) is 5.92 Å². The number of thiophene rings is 1. The summed E-state index contributed by atoms with van der Waals surface area (Å²) >= 11 is 14.1. The van der Waals surface area contributed by atoms with Gasteiger partial charge in [0.25, 0.3) is 0 Å². The first-order chi connectivity index (χ1) is 18.1. The maximum Gasteiger partial charge on any atom is 0.333 e. The minimum Gasteiger partial charge on any atom is -0.393 e. The van der Waals surface area contributed by atoms with E-state index in [4.69, 9.17) is 27.8 Å². The number of aliphatic hydroxyl groups is 1. The van der Waals surface area contributed by atoms with Gasteiger partial charge >= 0.3 is 10.3 Å². The second kappa shape index (κ2) is 11.1. The fraction of sp³-hybridized carbons (Fsp3) is 0.375. The highest BCUT2D eigenvalue weighted by molar-refractivity contribution is 7.83. The van der Waals surface area contributed by atoms with Crippen LogP contribution in [0.15, 0.2) is 36.8 Å². The largest absolute Gasteiger partial charge is 0.393 e. The Morgan fingerprint density at radius 2 is 2.03 bits per heavy atom. The van der Waals surface area contributed by atoms with E-state index in [9.17, 15) is 18.3 Å². The molecule has 0 spiro atoms. The van der Waals surface area contributed by atoms with E-state index in [1.165, 1.54) is 29.4 Å². The SMILES string of the molecule is O=C(c1cc([C@@H]2NCCc3ccc(Cl)cc32)c(Cl)s1)c1cncnc1N[C@@H]1C[C@H](CNS(=O)(=O)O)[C@@H](O)C1. The molecule has 3 aromatic rings. The molecule has 1 saturated carbocycles. The molecule has 38 heavy (non-hydrogen) atoms. The fourth-order valence-corrected chi connectivity index (χ4v) is 6.98. The topological polar surface area (TPSA) is 154 Å². The summed E-state index contributed by atoms with van der Waals surface area (Å²) in [6.07, 6.45) is 3.56. The highest BCUT2D eigenvalue weighted by Gasteiger charge is 2.34. The number of rotatable bonds is 8. The summed E-state index contributed by atoms with van der Waals surface area (Å²) in [4.78, 5) is 22.3. The normalized spacial score (nSPS) is 23.3. The van der Waals surface area contributed by atoms with E-state index in [1.54, 1.807) is 6.07 Å². The lowest BCUT2D eigenvalue weighted by Gasteiger charge is -2.27. The van der Waals surface area contributed by atoms with E-state index in [-0.39, 0.29) is 30.0 Å². The second-order valence-electron chi connectivity index (χ2n) is 9.40. The number of ketones is 1. The molecule has 0 bridgehead atoms. The van der Waals surface area contributed by atoms with Gasteiger partial charge in [-0.3, -0.25) is 9.35 Å². The summed E-state index contributed by atoms with van der Waals surface area (Å²) in [6.45, 7) is 0.664. The number of carbonyl (C=O) groups excluding carboxylic acids is 1. The lowest BCUT2D eigenvalue weighted by atomic mass is 9.91. The minimum atomic E-state index is -4.36. The third-order valence-corrected chi connectivity index (χ3v) is 9.05. The zero-order valence-corrected chi connectivity index (χ0v) is 23.0. The molecular formula is C24H25Cl2N5O5S2. The third kappa shape index (κ3) is 6.02. The Kier molecular flexibility index (Phi) is 8.04. The maximum atomic E-state index is 13.6. The van der Waals surface area contributed by atoms with Gasteiger partial charge in [0.2, 0.25) is 5.78 Å². The van der Waals surface area contributed by atoms with Crippen molar-refractivity contribution in [1.82, 2.24) is 20.0 Å². The van der Waals surface area contributed by atoms with Crippen molar-refractivity contribution in [3.05, 3.63) is 73.3 Å². The summed E-state index contributed by atoms with van der Waals surface area (Å²) in [5.74, 6) is -0.394. The van der Waals surface area contributed by atoms with Crippen LogP contribution in [-0.4, -0.2) is 59.1 Å². The average Bonchev–Trinajstić information content (AvgIpc) is 3.43. The number of halogens is 2. The van der Waals surface area contributed by atoms with Gasteiger partial charge in [0, 0.05) is 41.8 Å². The summed E-state index contributed by atoms with van der Waals surface area (Å²) in [6, 6.07) is 7.13. The van der Waals surface area contributed by atoms with Gasteiger partial charge in [-0.1, -0.05) is 29.3 Å². The Morgan fingerprint density at radius 3 is 2.82 bits per heavy atom. The van der Waals surface area contributed by atoms with Crippen LogP contribution in [-0.2, 0) is 16.7 Å². The Hall–Kier alpha value is -2.16. The van der Waals surface area contributed by atoms with Crippen LogP contribution in [0.3, 0.4) is 0 Å². The van der Waals surface area contributed by atoms with Crippen LogP contribution in [0.2, 0.25) is 9.36 Å². The number of nitrogens with one attached hydrogen (secondary N) is 3. The highest BCUT2D eigenvalue weighted by Crippen LogP contribution is 2.39. The zero-order valence-electron chi connectivity index (χ0n) is 19.9. The maximum absolute atomic E-state index is 13.6. The number of nitrogens with zero attached hydrogens (tertiary/aromatic N) is 2. The van der Waals surface area contributed by atoms with Gasteiger partial charge in [-0.2, -0.15) is 13.1 Å². The average molecular weight is 599 g/mol. The smallest absolute Gasteiger partial charge is 0.333 e. The standard InChI is InChI=1S/C24H25Cl2N5O5S2/c25-14-2-1-12-3-4-28-21(16(12)6-14)17-8-20(37-23(17)26)22(33)18-10-27-11-29-24(18)31-15-5-13(19(32)7-15)9-30-38(34,35)36/h1-2,6,8,10-11,13,15,19,21,28,30,32H,3-5,7,9H2,(H,27,29,31)(H,34,35,36)/t13-,15-,19+,21-/m1/s1. The molecule has 0 amide bonds. The lowest BCUT2D eigenvalue weighted by Crippen LogP contribution is -2.32. The molecule has 5 N–H and O–H groups in total. The van der Waals surface area contributed by atoms with Gasteiger partial charge in [-0.25, -0.2) is 9.97 Å². The second-order valence-corrected chi connectivity index (χ2v) is 12.7. The molecule has 5 rings (SSSR count). The van der Waals surface area contributed by atoms with Crippen LogP contribution in [0, 0.1) is 5.92 Å². The number of aromatic nitrogens is 2. The molecule has 14 heteroatoms. The number of hydrogen-bond acceptors (Lipinski definition) is 9. The van der Waals surface area contributed by atoms with Gasteiger partial charge in [0.15, 0.2) is 0 Å². The molecular weight excluding hydrogens is 573 g/mol. The Balaban J connectivity index is 1.35. The summed E-state index contributed by atoms with van der Waals surface area (Å²) in [7, 11) is -4.36. The van der Waals surface area contributed by atoms with E-state index < -0.39 is 22.3 Å². The number of hydrogen-bond donors (Lipinski definition) is 5. The van der Waals surface area contributed by atoms with E-state index in [0.29, 0.717) is 32.9 Å². The summed E-state index contributed by atoms with van der Waals surface area (Å²) < 4.78 is 33.4. The predicted octanol–water partition coefficient (Wildman–Crippen LogP) is 3.25. The van der Waals surface area contributed by atoms with Crippen LogP contribution in [0.5, 0.6) is 0 Å². The zero-order chi connectivity index (χ0) is 27.0. The van der Waals surface area contributed by atoms with Gasteiger partial charge in [-0.15, -0.1) is 11.3 Å². The molecule has 0 radical (unpaired) electrons. The molecule has 4 atom stereocenters. The van der Waals surface area contributed by atoms with E-state index in [1.807, 2.05) is 22.9 Å². The molecule has 0 unspecified atom stereocenters. The van der Waals surface area contributed by atoms with Crippen LogP contribution in [0.25, 0.3) is 0 Å². The van der Waals surface area contributed by atoms with Crippen LogP contribution in [0.1, 0.15) is 50.8 Å². The number of carbonyl (C=O) groups is 1. The van der Waals surface area contributed by atoms with Crippen molar-refractivity contribution in [2.45, 2.75) is 37.5 Å². The fourth-order valence-electron chi connectivity index (χ4n) is 5.08. The number of fused-ring (bicyclic) bond motifs is 1. The number of anilines is 1. The molecule has 1 fully saturated rings. The molecule has 1 aromatic carbocycles. The van der Waals surface area contributed by atoms with Crippen LogP contribution >= 0.6 is 34.5 Å². The summed E-state index contributed by atoms with van der Waals surface area (Å²) in [5, 5.41) is 17.6. The first-order valence-electron chi connectivity index (χ1n) is 11.9. The van der Waals surface area contributed by atoms with Gasteiger partial charge in [-0.05, 0) is 48.6 Å². The third-order valence-electron chi connectivity index (χ3n) is 6.89. The first-order valence-corrected chi connectivity index (χ1v) is 14.9. The Labute approximate surface area is 233 Å². The van der Waals surface area contributed by atoms with Crippen molar-refractivity contribution in [1.29, 1.82) is 0 Å². The van der Waals surface area contributed by atoms with Crippen molar-refractivity contribution in [2.75, 3.05) is 18.4 Å². The van der Waals surface area contributed by atoms with E-state index in [2.05, 4.69) is 20.6 Å². The minimum absolute atomic E-state index is 0.103. The quantitative estimate of drug-likeness (QED) is 0.194. The van der Waals surface area contributed by atoms with E-state index >= 15 is 0 Å². The Bertz CT molecular complexity index is 1470. The lowest BCUT2D eigenvalue weighted by molar-refractivity contribution is 0.104. The Morgan fingerprint density at radius 1 is 1.21 bits per heavy atom. The monoisotopic (exact) mass is 597 g/mol. The molecule has 0 saturated heterocycles. The first kappa shape index (κ1) is 27.4. The van der Waals surface area contributed by atoms with Gasteiger partial charge < -0.3 is 15.7 Å². The molecule has 2 aliphatic rings. The van der Waals surface area contributed by atoms with Crippen molar-refractivity contribution >= 4 is 56.4 Å². The predicted molar refractivity (Wildman–Crippen MR) is 145 cm³/mol. The van der Waals surface area contributed by atoms with Crippen molar-refractivity contribution < 1.29 is 22.9 Å². The number of aliphatic hydroxyl groups excluding tert-OH is 1. The van der Waals surface area contributed by atoms with Crippen LogP contribution < -0.4 is 15.4 Å². The number of benzene rings is 1. The van der Waals surface area contributed by atoms with E-state index in [0.717, 1.165) is 24.1 Å². The van der Waals surface area contributed by atoms with Crippen LogP contribution in [0.4, 0.5) is 5.82 Å². The molecule has 2 aromatic heterocycles. The van der Waals surface area contributed by atoms with Crippen molar-refractivity contribution in [3.8, 4) is 0 Å². The molecule has 10 nitrogen and oxygen atoms in total. The van der Waals surface area contributed by atoms with Gasteiger partial charge in [0.1, 0.15) is 12.1 Å². The molecule has 1 aliphatic heterocycles. The van der Waals surface area contributed by atoms with Gasteiger partial charge in [0.05, 0.1) is 26.9 Å². The highest BCUT2D eigenvalue weighted by atomic mass is 35.5. The summed E-state index contributed by atoms with van der Waals surface area (Å²) in [5.41, 5.74) is 3.26. The molecule has 202 valence electrons.